The van der Waals surface area contributed by atoms with Crippen LogP contribution in [0.4, 0.5) is 0 Å². The van der Waals surface area contributed by atoms with Crippen molar-refractivity contribution < 1.29 is 9.90 Å². The maximum atomic E-state index is 11.6. The monoisotopic (exact) mass is 348 g/mol. The van der Waals surface area contributed by atoms with Crippen LogP contribution >= 0.6 is 0 Å². The second kappa shape index (κ2) is 6.71. The van der Waals surface area contributed by atoms with Gasteiger partial charge < -0.3 is 10.1 Å². The number of Topliss-reactive ketones (excluding diaryl/α,β-unsaturated/α-hetero) is 1. The van der Waals surface area contributed by atoms with Crippen LogP contribution in [0.1, 0.15) is 52.3 Å². The zero-order valence-corrected chi connectivity index (χ0v) is 15.2. The van der Waals surface area contributed by atoms with E-state index in [1.807, 2.05) is 24.3 Å². The number of nitrogens with zero attached hydrogens (tertiary/aromatic N) is 1. The van der Waals surface area contributed by atoms with Crippen LogP contribution in [-0.2, 0) is 13.0 Å². The van der Waals surface area contributed by atoms with Crippen LogP contribution in [-0.4, -0.2) is 27.3 Å². The number of nitrogens with one attached hydrogen (secondary N) is 1. The molecule has 1 aromatic heterocycles. The molecule has 2 aromatic carbocycles. The molecule has 4 rings (SSSR count). The summed E-state index contributed by atoms with van der Waals surface area (Å²) in [6, 6.07) is 14.2. The summed E-state index contributed by atoms with van der Waals surface area (Å²) in [6.07, 6.45) is 1.23. The summed E-state index contributed by atoms with van der Waals surface area (Å²) in [5.41, 5.74) is 6.27. The third-order valence-electron chi connectivity index (χ3n) is 5.30. The highest BCUT2D eigenvalue weighted by Gasteiger charge is 2.23. The molecule has 134 valence electrons. The van der Waals surface area contributed by atoms with Gasteiger partial charge in [-0.25, -0.2) is 0 Å². The summed E-state index contributed by atoms with van der Waals surface area (Å²) in [5.74, 6) is 0.0994. The first-order valence-electron chi connectivity index (χ1n) is 9.15. The van der Waals surface area contributed by atoms with Gasteiger partial charge in [0.05, 0.1) is 5.69 Å². The molecule has 4 nitrogen and oxygen atoms in total. The van der Waals surface area contributed by atoms with Crippen LogP contribution in [0.2, 0.25) is 0 Å². The Labute approximate surface area is 153 Å². The van der Waals surface area contributed by atoms with Gasteiger partial charge in [0.1, 0.15) is 6.23 Å². The van der Waals surface area contributed by atoms with Gasteiger partial charge in [0.2, 0.25) is 0 Å². The lowest BCUT2D eigenvalue weighted by Crippen LogP contribution is -2.28. The summed E-state index contributed by atoms with van der Waals surface area (Å²) in [5, 5.41) is 12.1. The molecule has 1 aliphatic rings. The molecule has 2 heterocycles. The second-order valence-corrected chi connectivity index (χ2v) is 7.30. The standard InChI is InChI=1S/C22H24N2O2/c1-14-5-8-20-19(10-14)12-21(23-20)22(26)24-9-3-4-17-11-16(15(2)25)6-7-18(17)13-24/h5-8,10-12,22-23,26H,3-4,9,13H2,1-2H3. The summed E-state index contributed by atoms with van der Waals surface area (Å²) >= 11 is 0. The summed E-state index contributed by atoms with van der Waals surface area (Å²) in [4.78, 5) is 17.1. The minimum atomic E-state index is -0.666. The number of aryl methyl sites for hydroxylation is 2. The van der Waals surface area contributed by atoms with Crippen LogP contribution in [0.5, 0.6) is 0 Å². The zero-order chi connectivity index (χ0) is 18.3. The van der Waals surface area contributed by atoms with E-state index >= 15 is 0 Å². The quantitative estimate of drug-likeness (QED) is 0.700. The predicted molar refractivity (Wildman–Crippen MR) is 103 cm³/mol. The van der Waals surface area contributed by atoms with Gasteiger partial charge in [0.15, 0.2) is 5.78 Å². The average molecular weight is 348 g/mol. The lowest BCUT2D eigenvalue weighted by atomic mass is 9.99. The number of hydrogen-bond donors (Lipinski definition) is 2. The van der Waals surface area contributed by atoms with E-state index in [2.05, 4.69) is 35.0 Å². The normalized spacial score (nSPS) is 16.3. The molecular formula is C22H24N2O2. The van der Waals surface area contributed by atoms with Gasteiger partial charge in [-0.1, -0.05) is 23.8 Å². The van der Waals surface area contributed by atoms with Crippen LogP contribution in [0.25, 0.3) is 10.9 Å². The fourth-order valence-electron chi connectivity index (χ4n) is 3.82. The number of ketones is 1. The van der Waals surface area contributed by atoms with Crippen molar-refractivity contribution in [1.82, 2.24) is 9.88 Å². The lowest BCUT2D eigenvalue weighted by Gasteiger charge is -2.26. The van der Waals surface area contributed by atoms with Crippen LogP contribution in [0.3, 0.4) is 0 Å². The Bertz CT molecular complexity index is 973. The van der Waals surface area contributed by atoms with E-state index in [0.717, 1.165) is 41.5 Å². The maximum absolute atomic E-state index is 11.6. The summed E-state index contributed by atoms with van der Waals surface area (Å²) in [6.45, 7) is 5.18. The highest BCUT2D eigenvalue weighted by Crippen LogP contribution is 2.28. The molecule has 0 saturated heterocycles. The van der Waals surface area contributed by atoms with Crippen molar-refractivity contribution in [3.05, 3.63) is 70.4 Å². The van der Waals surface area contributed by atoms with E-state index in [1.54, 1.807) is 6.92 Å². The molecular weight excluding hydrogens is 324 g/mol. The van der Waals surface area contributed by atoms with Gasteiger partial charge >= 0.3 is 0 Å². The first kappa shape index (κ1) is 17.0. The molecule has 1 atom stereocenters. The zero-order valence-electron chi connectivity index (χ0n) is 15.2. The van der Waals surface area contributed by atoms with E-state index in [1.165, 1.54) is 16.7 Å². The number of aromatic nitrogens is 1. The number of hydrogen-bond acceptors (Lipinski definition) is 3. The maximum Gasteiger partial charge on any atom is 0.159 e. The van der Waals surface area contributed by atoms with Crippen molar-refractivity contribution in [2.75, 3.05) is 6.54 Å². The minimum absolute atomic E-state index is 0.0994. The predicted octanol–water partition coefficient (Wildman–Crippen LogP) is 4.12. The molecule has 0 saturated carbocycles. The Morgan fingerprint density at radius 3 is 2.81 bits per heavy atom. The Morgan fingerprint density at radius 2 is 2.00 bits per heavy atom. The summed E-state index contributed by atoms with van der Waals surface area (Å²) < 4.78 is 0. The van der Waals surface area contributed by atoms with Crippen molar-refractivity contribution in [2.24, 2.45) is 0 Å². The number of H-pyrrole nitrogens is 1. The molecule has 0 fully saturated rings. The molecule has 1 aliphatic heterocycles. The summed E-state index contributed by atoms with van der Waals surface area (Å²) in [7, 11) is 0. The second-order valence-electron chi connectivity index (χ2n) is 7.30. The van der Waals surface area contributed by atoms with E-state index in [4.69, 9.17) is 0 Å². The highest BCUT2D eigenvalue weighted by molar-refractivity contribution is 5.94. The SMILES string of the molecule is CC(=O)c1ccc2c(c1)CCCN(C(O)c1cc3cc(C)ccc3[nH]1)C2. The van der Waals surface area contributed by atoms with Crippen LogP contribution in [0, 0.1) is 6.92 Å². The van der Waals surface area contributed by atoms with E-state index in [9.17, 15) is 9.90 Å². The van der Waals surface area contributed by atoms with E-state index < -0.39 is 6.23 Å². The molecule has 0 amide bonds. The molecule has 0 spiro atoms. The third kappa shape index (κ3) is 3.18. The van der Waals surface area contributed by atoms with Gasteiger partial charge in [0, 0.05) is 29.6 Å². The average Bonchev–Trinajstić information content (AvgIpc) is 2.91. The smallest absolute Gasteiger partial charge is 0.159 e. The number of fused-ring (bicyclic) bond motifs is 2. The number of aliphatic hydroxyl groups excluding tert-OH is 1. The van der Waals surface area contributed by atoms with Crippen molar-refractivity contribution in [1.29, 1.82) is 0 Å². The molecule has 26 heavy (non-hydrogen) atoms. The minimum Gasteiger partial charge on any atom is -0.373 e. The Balaban J connectivity index is 1.61. The fraction of sp³-hybridized carbons (Fsp3) is 0.318. The van der Waals surface area contributed by atoms with Crippen molar-refractivity contribution in [3.8, 4) is 0 Å². The first-order chi connectivity index (χ1) is 12.5. The topological polar surface area (TPSA) is 56.3 Å². The van der Waals surface area contributed by atoms with Gasteiger partial charge in [-0.05, 0) is 62.1 Å². The third-order valence-corrected chi connectivity index (χ3v) is 5.30. The van der Waals surface area contributed by atoms with Gasteiger partial charge in [-0.3, -0.25) is 9.69 Å². The van der Waals surface area contributed by atoms with Gasteiger partial charge in [-0.2, -0.15) is 0 Å². The van der Waals surface area contributed by atoms with E-state index in [-0.39, 0.29) is 5.78 Å². The Morgan fingerprint density at radius 1 is 1.15 bits per heavy atom. The van der Waals surface area contributed by atoms with E-state index in [0.29, 0.717) is 6.54 Å². The number of rotatable bonds is 3. The highest BCUT2D eigenvalue weighted by atomic mass is 16.3. The number of benzene rings is 2. The Kier molecular flexibility index (Phi) is 4.39. The van der Waals surface area contributed by atoms with Gasteiger partial charge in [0.25, 0.3) is 0 Å². The van der Waals surface area contributed by atoms with Gasteiger partial charge in [-0.15, -0.1) is 0 Å². The number of aromatic amines is 1. The molecule has 3 aromatic rings. The molecule has 0 bridgehead atoms. The number of carbonyl (C=O) groups excluding carboxylic acids is 1. The van der Waals surface area contributed by atoms with Crippen LogP contribution in [0.15, 0.2) is 42.5 Å². The first-order valence-corrected chi connectivity index (χ1v) is 9.15. The van der Waals surface area contributed by atoms with Crippen LogP contribution < -0.4 is 0 Å². The number of aliphatic hydroxyl groups is 1. The molecule has 2 N–H and O–H groups in total. The Hall–Kier alpha value is -2.43. The van der Waals surface area contributed by atoms with Crippen molar-refractivity contribution in [3.63, 3.8) is 0 Å². The lowest BCUT2D eigenvalue weighted by molar-refractivity contribution is -0.00601. The number of carbonyl (C=O) groups is 1. The van der Waals surface area contributed by atoms with Crippen molar-refractivity contribution >= 4 is 16.7 Å². The molecule has 0 radical (unpaired) electrons. The van der Waals surface area contributed by atoms with Crippen molar-refractivity contribution in [2.45, 2.75) is 39.5 Å². The molecule has 4 heteroatoms. The largest absolute Gasteiger partial charge is 0.373 e. The fourth-order valence-corrected chi connectivity index (χ4v) is 3.82. The molecule has 0 aliphatic carbocycles. The molecule has 1 unspecified atom stereocenters.